The molecule has 14 heavy (non-hydrogen) atoms. The van der Waals surface area contributed by atoms with Crippen LogP contribution >= 0.6 is 0 Å². The highest BCUT2D eigenvalue weighted by atomic mass is 19.1. The van der Waals surface area contributed by atoms with Gasteiger partial charge in [-0.15, -0.1) is 0 Å². The van der Waals surface area contributed by atoms with E-state index in [9.17, 15) is 4.39 Å². The van der Waals surface area contributed by atoms with E-state index >= 15 is 0 Å². The predicted octanol–water partition coefficient (Wildman–Crippen LogP) is 2.73. The van der Waals surface area contributed by atoms with Gasteiger partial charge in [0.2, 0.25) is 0 Å². The number of nitrogens with zero attached hydrogens (tertiary/aromatic N) is 1. The van der Waals surface area contributed by atoms with Gasteiger partial charge in [-0.1, -0.05) is 13.8 Å². The molecule has 0 fully saturated rings. The van der Waals surface area contributed by atoms with Crippen LogP contribution in [0.25, 0.3) is 0 Å². The molecule has 0 bridgehead atoms. The lowest BCUT2D eigenvalue weighted by Crippen LogP contribution is -2.04. The Morgan fingerprint density at radius 1 is 1.50 bits per heavy atom. The lowest BCUT2D eigenvalue weighted by atomic mass is 10.2. The second kappa shape index (κ2) is 4.61. The van der Waals surface area contributed by atoms with Crippen LogP contribution in [-0.4, -0.2) is 6.61 Å². The molecule has 1 aromatic carbocycles. The third-order valence-corrected chi connectivity index (χ3v) is 1.64. The topological polar surface area (TPSA) is 33.0 Å². The Hall–Kier alpha value is -1.56. The third kappa shape index (κ3) is 2.74. The van der Waals surface area contributed by atoms with Gasteiger partial charge in [0.25, 0.3) is 0 Å². The summed E-state index contributed by atoms with van der Waals surface area (Å²) in [5.41, 5.74) is 0.0434. The zero-order chi connectivity index (χ0) is 10.6. The van der Waals surface area contributed by atoms with Crippen molar-refractivity contribution < 1.29 is 9.13 Å². The minimum absolute atomic E-state index is 0.0434. The number of ether oxygens (including phenoxy) is 1. The lowest BCUT2D eigenvalue weighted by Gasteiger charge is -2.08. The van der Waals surface area contributed by atoms with Gasteiger partial charge in [-0.25, -0.2) is 4.39 Å². The van der Waals surface area contributed by atoms with Crippen molar-refractivity contribution in [1.82, 2.24) is 0 Å². The van der Waals surface area contributed by atoms with Crippen LogP contribution in [0.5, 0.6) is 5.75 Å². The number of hydrogen-bond donors (Lipinski definition) is 0. The molecule has 74 valence electrons. The highest BCUT2D eigenvalue weighted by Crippen LogP contribution is 2.16. The van der Waals surface area contributed by atoms with Gasteiger partial charge in [-0.2, -0.15) is 5.26 Å². The zero-order valence-corrected chi connectivity index (χ0v) is 8.25. The summed E-state index contributed by atoms with van der Waals surface area (Å²) in [6.45, 7) is 4.57. The normalized spacial score (nSPS) is 9.93. The molecular weight excluding hydrogens is 181 g/mol. The van der Waals surface area contributed by atoms with E-state index in [4.69, 9.17) is 10.00 Å². The van der Waals surface area contributed by atoms with Crippen molar-refractivity contribution in [1.29, 1.82) is 5.26 Å². The van der Waals surface area contributed by atoms with E-state index in [2.05, 4.69) is 0 Å². The summed E-state index contributed by atoms with van der Waals surface area (Å²) < 4.78 is 18.4. The lowest BCUT2D eigenvalue weighted by molar-refractivity contribution is 0.270. The highest BCUT2D eigenvalue weighted by Gasteiger charge is 2.03. The largest absolute Gasteiger partial charge is 0.493 e. The van der Waals surface area contributed by atoms with Crippen LogP contribution < -0.4 is 4.74 Å². The van der Waals surface area contributed by atoms with Crippen molar-refractivity contribution in [2.75, 3.05) is 6.61 Å². The molecule has 0 amide bonds. The van der Waals surface area contributed by atoms with E-state index < -0.39 is 5.82 Å². The van der Waals surface area contributed by atoms with Gasteiger partial charge in [0.1, 0.15) is 17.6 Å². The van der Waals surface area contributed by atoms with E-state index in [-0.39, 0.29) is 5.56 Å². The summed E-state index contributed by atoms with van der Waals surface area (Å²) in [7, 11) is 0. The standard InChI is InChI=1S/C11H12FNO/c1-8(2)7-14-10-4-3-9(6-13)11(12)5-10/h3-5,8H,7H2,1-2H3. The number of nitriles is 1. The van der Waals surface area contributed by atoms with E-state index in [0.717, 1.165) is 0 Å². The van der Waals surface area contributed by atoms with Gasteiger partial charge in [0.15, 0.2) is 0 Å². The average Bonchev–Trinajstić information content (AvgIpc) is 2.15. The monoisotopic (exact) mass is 193 g/mol. The van der Waals surface area contributed by atoms with Crippen LogP contribution in [0.15, 0.2) is 18.2 Å². The summed E-state index contributed by atoms with van der Waals surface area (Å²) >= 11 is 0. The quantitative estimate of drug-likeness (QED) is 0.739. The first-order valence-corrected chi connectivity index (χ1v) is 4.46. The second-order valence-corrected chi connectivity index (χ2v) is 3.46. The minimum Gasteiger partial charge on any atom is -0.493 e. The molecule has 0 N–H and O–H groups in total. The SMILES string of the molecule is CC(C)COc1ccc(C#N)c(F)c1. The van der Waals surface area contributed by atoms with Gasteiger partial charge in [0.05, 0.1) is 12.2 Å². The fourth-order valence-electron chi connectivity index (χ4n) is 0.939. The molecule has 0 saturated carbocycles. The van der Waals surface area contributed by atoms with Crippen molar-refractivity contribution in [3.63, 3.8) is 0 Å². The highest BCUT2D eigenvalue weighted by molar-refractivity contribution is 5.36. The van der Waals surface area contributed by atoms with E-state index in [0.29, 0.717) is 18.3 Å². The van der Waals surface area contributed by atoms with Gasteiger partial charge >= 0.3 is 0 Å². The van der Waals surface area contributed by atoms with Crippen molar-refractivity contribution >= 4 is 0 Å². The van der Waals surface area contributed by atoms with Gasteiger partial charge in [-0.05, 0) is 18.1 Å². The van der Waals surface area contributed by atoms with Crippen molar-refractivity contribution in [2.24, 2.45) is 5.92 Å². The molecule has 0 spiro atoms. The molecule has 1 rings (SSSR count). The van der Waals surface area contributed by atoms with Crippen molar-refractivity contribution in [2.45, 2.75) is 13.8 Å². The number of halogens is 1. The number of hydrogen-bond acceptors (Lipinski definition) is 2. The number of benzene rings is 1. The maximum atomic E-state index is 13.1. The Labute approximate surface area is 82.9 Å². The molecule has 3 heteroatoms. The molecule has 0 radical (unpaired) electrons. The molecule has 1 aromatic rings. The van der Waals surface area contributed by atoms with Gasteiger partial charge < -0.3 is 4.74 Å². The summed E-state index contributed by atoms with van der Waals surface area (Å²) in [4.78, 5) is 0. The Kier molecular flexibility index (Phi) is 3.47. The van der Waals surface area contributed by atoms with E-state index in [1.54, 1.807) is 12.1 Å². The Bertz CT molecular complexity index is 355. The molecule has 0 saturated heterocycles. The second-order valence-electron chi connectivity index (χ2n) is 3.46. The van der Waals surface area contributed by atoms with Crippen LogP contribution in [0, 0.1) is 23.1 Å². The molecule has 0 atom stereocenters. The molecule has 0 aromatic heterocycles. The molecule has 0 aliphatic heterocycles. The minimum atomic E-state index is -0.534. The number of rotatable bonds is 3. The predicted molar refractivity (Wildman–Crippen MR) is 51.4 cm³/mol. The first-order valence-electron chi connectivity index (χ1n) is 4.46. The molecule has 0 heterocycles. The zero-order valence-electron chi connectivity index (χ0n) is 8.25. The van der Waals surface area contributed by atoms with Crippen LogP contribution in [0.4, 0.5) is 4.39 Å². The van der Waals surface area contributed by atoms with E-state index in [1.807, 2.05) is 13.8 Å². The Morgan fingerprint density at radius 2 is 2.21 bits per heavy atom. The molecule has 0 aliphatic carbocycles. The maximum absolute atomic E-state index is 13.1. The Balaban J connectivity index is 2.73. The maximum Gasteiger partial charge on any atom is 0.144 e. The van der Waals surface area contributed by atoms with Crippen LogP contribution in [-0.2, 0) is 0 Å². The van der Waals surface area contributed by atoms with Crippen molar-refractivity contribution in [3.05, 3.63) is 29.6 Å². The summed E-state index contributed by atoms with van der Waals surface area (Å²) in [5, 5.41) is 8.50. The average molecular weight is 193 g/mol. The smallest absolute Gasteiger partial charge is 0.144 e. The first-order chi connectivity index (χ1) is 6.63. The first kappa shape index (κ1) is 10.5. The van der Waals surface area contributed by atoms with Gasteiger partial charge in [0, 0.05) is 6.07 Å². The van der Waals surface area contributed by atoms with Crippen LogP contribution in [0.3, 0.4) is 0 Å². The van der Waals surface area contributed by atoms with Crippen LogP contribution in [0.1, 0.15) is 19.4 Å². The van der Waals surface area contributed by atoms with E-state index in [1.165, 1.54) is 12.1 Å². The molecular formula is C11H12FNO. The van der Waals surface area contributed by atoms with Gasteiger partial charge in [-0.3, -0.25) is 0 Å². The molecule has 0 unspecified atom stereocenters. The van der Waals surface area contributed by atoms with Crippen LogP contribution in [0.2, 0.25) is 0 Å². The summed E-state index contributed by atoms with van der Waals surface area (Å²) in [6, 6.07) is 6.02. The molecule has 0 aliphatic rings. The third-order valence-electron chi connectivity index (χ3n) is 1.64. The Morgan fingerprint density at radius 3 is 2.71 bits per heavy atom. The molecule has 2 nitrogen and oxygen atoms in total. The summed E-state index contributed by atoms with van der Waals surface area (Å²) in [6.07, 6.45) is 0. The fourth-order valence-corrected chi connectivity index (χ4v) is 0.939. The fraction of sp³-hybridized carbons (Fsp3) is 0.364. The summed E-state index contributed by atoms with van der Waals surface area (Å²) in [5.74, 6) is 0.331. The van der Waals surface area contributed by atoms with Crippen molar-refractivity contribution in [3.8, 4) is 11.8 Å².